The average molecular weight is 202 g/mol. The lowest BCUT2D eigenvalue weighted by atomic mass is 9.90. The molecule has 0 saturated carbocycles. The van der Waals surface area contributed by atoms with Gasteiger partial charge >= 0.3 is 5.97 Å². The number of carbonyl (C=O) groups is 1. The highest BCUT2D eigenvalue weighted by atomic mass is 16.4. The van der Waals surface area contributed by atoms with Crippen molar-refractivity contribution < 1.29 is 15.0 Å². The fourth-order valence-electron chi connectivity index (χ4n) is 1.57. The van der Waals surface area contributed by atoms with Crippen molar-refractivity contribution in [3.8, 4) is 0 Å². The number of aliphatic hydroxyl groups excluding tert-OH is 1. The lowest BCUT2D eigenvalue weighted by Crippen LogP contribution is -2.19. The van der Waals surface area contributed by atoms with Crippen molar-refractivity contribution in [1.82, 2.24) is 0 Å². The normalized spacial score (nSPS) is 13.1. The molecule has 0 saturated heterocycles. The summed E-state index contributed by atoms with van der Waals surface area (Å²) < 4.78 is 0. The Kier molecular flexibility index (Phi) is 7.48. The highest BCUT2D eigenvalue weighted by Crippen LogP contribution is 2.19. The molecule has 0 aliphatic carbocycles. The maximum absolute atomic E-state index is 10.8. The number of hydrogen-bond donors (Lipinski definition) is 2. The zero-order valence-electron chi connectivity index (χ0n) is 9.20. The number of unbranched alkanes of at least 4 members (excludes halogenated alkanes) is 3. The molecule has 0 aromatic carbocycles. The van der Waals surface area contributed by atoms with Gasteiger partial charge in [0.2, 0.25) is 0 Å². The SMILES string of the molecule is CC(C)C(CCCCCCO)C(=O)O. The minimum atomic E-state index is -0.679. The van der Waals surface area contributed by atoms with Crippen LogP contribution < -0.4 is 0 Å². The second-order valence-corrected chi connectivity index (χ2v) is 4.12. The van der Waals surface area contributed by atoms with Gasteiger partial charge in [-0.05, 0) is 18.8 Å². The number of aliphatic carboxylic acids is 1. The van der Waals surface area contributed by atoms with Crippen LogP contribution in [0.1, 0.15) is 46.0 Å². The smallest absolute Gasteiger partial charge is 0.306 e. The van der Waals surface area contributed by atoms with Gasteiger partial charge in [-0.15, -0.1) is 0 Å². The molecule has 2 N–H and O–H groups in total. The molecule has 3 heteroatoms. The Hall–Kier alpha value is -0.570. The van der Waals surface area contributed by atoms with Crippen LogP contribution in [0.5, 0.6) is 0 Å². The zero-order valence-corrected chi connectivity index (χ0v) is 9.20. The molecule has 0 bridgehead atoms. The molecule has 0 radical (unpaired) electrons. The summed E-state index contributed by atoms with van der Waals surface area (Å²) in [4.78, 5) is 10.8. The first kappa shape index (κ1) is 13.4. The monoisotopic (exact) mass is 202 g/mol. The van der Waals surface area contributed by atoms with Crippen LogP contribution in [-0.4, -0.2) is 22.8 Å². The van der Waals surface area contributed by atoms with E-state index in [1.165, 1.54) is 0 Å². The lowest BCUT2D eigenvalue weighted by Gasteiger charge is -2.15. The third kappa shape index (κ3) is 5.97. The van der Waals surface area contributed by atoms with Crippen molar-refractivity contribution in [2.75, 3.05) is 6.61 Å². The largest absolute Gasteiger partial charge is 0.481 e. The topological polar surface area (TPSA) is 57.5 Å². The van der Waals surface area contributed by atoms with Gasteiger partial charge in [-0.3, -0.25) is 4.79 Å². The first-order valence-electron chi connectivity index (χ1n) is 5.43. The van der Waals surface area contributed by atoms with E-state index in [9.17, 15) is 4.79 Å². The minimum absolute atomic E-state index is 0.205. The first-order chi connectivity index (χ1) is 6.59. The quantitative estimate of drug-likeness (QED) is 0.594. The summed E-state index contributed by atoms with van der Waals surface area (Å²) in [6.45, 7) is 4.14. The van der Waals surface area contributed by atoms with Gasteiger partial charge in [-0.25, -0.2) is 0 Å². The predicted octanol–water partition coefficient (Wildman–Crippen LogP) is 2.29. The summed E-state index contributed by atoms with van der Waals surface area (Å²) in [5, 5.41) is 17.5. The van der Waals surface area contributed by atoms with Crippen LogP contribution in [0.3, 0.4) is 0 Å². The minimum Gasteiger partial charge on any atom is -0.481 e. The second kappa shape index (κ2) is 7.80. The Labute approximate surface area is 86.1 Å². The second-order valence-electron chi connectivity index (χ2n) is 4.12. The van der Waals surface area contributed by atoms with Crippen molar-refractivity contribution >= 4 is 5.97 Å². The number of rotatable bonds is 8. The van der Waals surface area contributed by atoms with Crippen LogP contribution in [0.15, 0.2) is 0 Å². The van der Waals surface area contributed by atoms with E-state index in [-0.39, 0.29) is 18.4 Å². The standard InChI is InChI=1S/C11H22O3/c1-9(2)10(11(13)14)7-5-3-4-6-8-12/h9-10,12H,3-8H2,1-2H3,(H,13,14). The molecule has 0 rings (SSSR count). The lowest BCUT2D eigenvalue weighted by molar-refractivity contribution is -0.143. The zero-order chi connectivity index (χ0) is 11.0. The third-order valence-electron chi connectivity index (χ3n) is 2.55. The Morgan fingerprint density at radius 2 is 1.71 bits per heavy atom. The summed E-state index contributed by atoms with van der Waals surface area (Å²) in [6.07, 6.45) is 4.57. The number of hydrogen-bond acceptors (Lipinski definition) is 2. The maximum atomic E-state index is 10.8. The predicted molar refractivity (Wildman–Crippen MR) is 56.1 cm³/mol. The molecule has 0 amide bonds. The molecule has 0 heterocycles. The van der Waals surface area contributed by atoms with Crippen molar-refractivity contribution in [3.63, 3.8) is 0 Å². The van der Waals surface area contributed by atoms with E-state index in [0.717, 1.165) is 32.1 Å². The Balaban J connectivity index is 3.57. The van der Waals surface area contributed by atoms with E-state index < -0.39 is 5.97 Å². The first-order valence-corrected chi connectivity index (χ1v) is 5.43. The van der Waals surface area contributed by atoms with Crippen molar-refractivity contribution in [2.45, 2.75) is 46.0 Å². The molecule has 0 aliphatic heterocycles. The molecular formula is C11H22O3. The van der Waals surface area contributed by atoms with Crippen molar-refractivity contribution in [2.24, 2.45) is 11.8 Å². The van der Waals surface area contributed by atoms with Crippen LogP contribution in [0.2, 0.25) is 0 Å². The highest BCUT2D eigenvalue weighted by molar-refractivity contribution is 5.70. The molecule has 1 unspecified atom stereocenters. The molecule has 0 aromatic rings. The van der Waals surface area contributed by atoms with Crippen LogP contribution >= 0.6 is 0 Å². The van der Waals surface area contributed by atoms with Crippen LogP contribution in [0.4, 0.5) is 0 Å². The van der Waals surface area contributed by atoms with Gasteiger partial charge in [0.25, 0.3) is 0 Å². The summed E-state index contributed by atoms with van der Waals surface area (Å²) in [6, 6.07) is 0. The van der Waals surface area contributed by atoms with E-state index >= 15 is 0 Å². The Bertz CT molecular complexity index is 155. The Morgan fingerprint density at radius 3 is 2.14 bits per heavy atom. The summed E-state index contributed by atoms with van der Waals surface area (Å²) >= 11 is 0. The molecule has 14 heavy (non-hydrogen) atoms. The molecule has 0 spiro atoms. The molecule has 84 valence electrons. The van der Waals surface area contributed by atoms with E-state index in [0.29, 0.717) is 0 Å². The van der Waals surface area contributed by atoms with Crippen LogP contribution in [0, 0.1) is 11.8 Å². The molecule has 0 aromatic heterocycles. The summed E-state index contributed by atoms with van der Waals surface area (Å²) in [5.41, 5.74) is 0. The van der Waals surface area contributed by atoms with E-state index in [1.807, 2.05) is 13.8 Å². The average Bonchev–Trinajstić information content (AvgIpc) is 2.09. The molecule has 0 fully saturated rings. The van der Waals surface area contributed by atoms with Crippen LogP contribution in [-0.2, 0) is 4.79 Å². The van der Waals surface area contributed by atoms with Crippen molar-refractivity contribution in [3.05, 3.63) is 0 Å². The van der Waals surface area contributed by atoms with Gasteiger partial charge in [0.05, 0.1) is 5.92 Å². The summed E-state index contributed by atoms with van der Waals surface area (Å²) in [7, 11) is 0. The molecule has 3 nitrogen and oxygen atoms in total. The number of carboxylic acid groups (broad SMARTS) is 1. The summed E-state index contributed by atoms with van der Waals surface area (Å²) in [5.74, 6) is -0.670. The van der Waals surface area contributed by atoms with Crippen LogP contribution in [0.25, 0.3) is 0 Å². The maximum Gasteiger partial charge on any atom is 0.306 e. The van der Waals surface area contributed by atoms with Gasteiger partial charge in [-0.1, -0.05) is 33.1 Å². The third-order valence-corrected chi connectivity index (χ3v) is 2.55. The number of carboxylic acids is 1. The Morgan fingerprint density at radius 1 is 1.14 bits per heavy atom. The molecular weight excluding hydrogens is 180 g/mol. The molecule has 0 aliphatic rings. The fourth-order valence-corrected chi connectivity index (χ4v) is 1.57. The van der Waals surface area contributed by atoms with Gasteiger partial charge in [0, 0.05) is 6.61 Å². The molecule has 1 atom stereocenters. The van der Waals surface area contributed by atoms with Gasteiger partial charge in [-0.2, -0.15) is 0 Å². The number of aliphatic hydroxyl groups is 1. The van der Waals surface area contributed by atoms with Crippen molar-refractivity contribution in [1.29, 1.82) is 0 Å². The van der Waals surface area contributed by atoms with Gasteiger partial charge in [0.15, 0.2) is 0 Å². The van der Waals surface area contributed by atoms with Gasteiger partial charge in [0.1, 0.15) is 0 Å². The van der Waals surface area contributed by atoms with Gasteiger partial charge < -0.3 is 10.2 Å². The fraction of sp³-hybridized carbons (Fsp3) is 0.909. The van der Waals surface area contributed by atoms with E-state index in [1.54, 1.807) is 0 Å². The highest BCUT2D eigenvalue weighted by Gasteiger charge is 2.20. The van der Waals surface area contributed by atoms with E-state index in [2.05, 4.69) is 0 Å². The van der Waals surface area contributed by atoms with E-state index in [4.69, 9.17) is 10.2 Å².